The summed E-state index contributed by atoms with van der Waals surface area (Å²) < 4.78 is 5.22. The van der Waals surface area contributed by atoms with E-state index in [4.69, 9.17) is 4.74 Å². The molecule has 0 bridgehead atoms. The minimum absolute atomic E-state index is 0.196. The van der Waals surface area contributed by atoms with Gasteiger partial charge in [0.15, 0.2) is 0 Å². The van der Waals surface area contributed by atoms with Crippen LogP contribution in [0.4, 0.5) is 0 Å². The molecular formula is C16H22N2O2. The molecule has 0 unspecified atom stereocenters. The molecular weight excluding hydrogens is 252 g/mol. The topological polar surface area (TPSA) is 41.6 Å². The van der Waals surface area contributed by atoms with Gasteiger partial charge in [-0.05, 0) is 30.5 Å². The van der Waals surface area contributed by atoms with E-state index >= 15 is 0 Å². The number of piperidine rings is 1. The van der Waals surface area contributed by atoms with Crippen LogP contribution in [0.3, 0.4) is 0 Å². The highest BCUT2D eigenvalue weighted by Gasteiger charge is 2.43. The summed E-state index contributed by atoms with van der Waals surface area (Å²) in [6.07, 6.45) is 2.27. The summed E-state index contributed by atoms with van der Waals surface area (Å²) in [6, 6.07) is 9.00. The largest absolute Gasteiger partial charge is 0.497 e. The number of ether oxygens (including phenoxy) is 1. The predicted molar refractivity (Wildman–Crippen MR) is 77.9 cm³/mol. The predicted octanol–water partition coefficient (Wildman–Crippen LogP) is 1.76. The monoisotopic (exact) mass is 274 g/mol. The molecule has 1 N–H and O–H groups in total. The standard InChI is InChI=1S/C16H22N2O2/c1-11(19)18-9-3-4-15-16(18)14(10-17-15)12-5-7-13(20-2)8-6-12/h5-8,14-17H,3-4,9-10H2,1-2H3/t14-,15-,16-/m0/s1. The van der Waals surface area contributed by atoms with Crippen molar-refractivity contribution in [1.29, 1.82) is 0 Å². The van der Waals surface area contributed by atoms with Gasteiger partial charge in [-0.2, -0.15) is 0 Å². The van der Waals surface area contributed by atoms with Crippen molar-refractivity contribution in [2.24, 2.45) is 0 Å². The summed E-state index contributed by atoms with van der Waals surface area (Å²) in [5.74, 6) is 1.46. The van der Waals surface area contributed by atoms with Gasteiger partial charge in [-0.15, -0.1) is 0 Å². The van der Waals surface area contributed by atoms with Gasteiger partial charge in [0.05, 0.1) is 13.2 Å². The van der Waals surface area contributed by atoms with Gasteiger partial charge in [-0.25, -0.2) is 0 Å². The first-order chi connectivity index (χ1) is 9.70. The Labute approximate surface area is 120 Å². The van der Waals surface area contributed by atoms with Crippen LogP contribution in [0.2, 0.25) is 0 Å². The second-order valence-corrected chi connectivity index (χ2v) is 5.74. The molecule has 1 aromatic carbocycles. The maximum Gasteiger partial charge on any atom is 0.219 e. The van der Waals surface area contributed by atoms with Gasteiger partial charge in [0.1, 0.15) is 5.75 Å². The van der Waals surface area contributed by atoms with Crippen molar-refractivity contribution in [2.45, 2.75) is 37.8 Å². The number of nitrogens with zero attached hydrogens (tertiary/aromatic N) is 1. The first kappa shape index (κ1) is 13.4. The number of fused-ring (bicyclic) bond motifs is 1. The third-order valence-corrected chi connectivity index (χ3v) is 4.65. The van der Waals surface area contributed by atoms with E-state index in [0.29, 0.717) is 18.0 Å². The molecule has 3 rings (SSSR count). The number of amides is 1. The van der Waals surface area contributed by atoms with Gasteiger partial charge < -0.3 is 15.0 Å². The Hall–Kier alpha value is -1.55. The molecule has 0 aliphatic carbocycles. The highest BCUT2D eigenvalue weighted by molar-refractivity contribution is 5.74. The van der Waals surface area contributed by atoms with Crippen molar-refractivity contribution in [3.05, 3.63) is 29.8 Å². The number of nitrogens with one attached hydrogen (secondary N) is 1. The molecule has 20 heavy (non-hydrogen) atoms. The van der Waals surface area contributed by atoms with E-state index in [9.17, 15) is 4.79 Å². The number of hydrogen-bond donors (Lipinski definition) is 1. The number of rotatable bonds is 2. The molecule has 4 heteroatoms. The zero-order valence-electron chi connectivity index (χ0n) is 12.1. The Bertz CT molecular complexity index is 486. The van der Waals surface area contributed by atoms with Gasteiger partial charge in [0, 0.05) is 32.0 Å². The second-order valence-electron chi connectivity index (χ2n) is 5.74. The SMILES string of the molecule is COc1ccc([C@@H]2CN[C@H]3CCCN(C(C)=O)[C@H]32)cc1. The molecule has 2 saturated heterocycles. The molecule has 0 aromatic heterocycles. The van der Waals surface area contributed by atoms with Crippen LogP contribution in [0, 0.1) is 0 Å². The molecule has 3 atom stereocenters. The molecule has 0 saturated carbocycles. The average Bonchev–Trinajstić information content (AvgIpc) is 2.91. The fourth-order valence-corrected chi connectivity index (χ4v) is 3.67. The molecule has 2 aliphatic rings. The van der Waals surface area contributed by atoms with Gasteiger partial charge >= 0.3 is 0 Å². The van der Waals surface area contributed by atoms with E-state index < -0.39 is 0 Å². The lowest BCUT2D eigenvalue weighted by Gasteiger charge is -2.39. The Morgan fingerprint density at radius 2 is 2.10 bits per heavy atom. The molecule has 0 spiro atoms. The van der Waals surface area contributed by atoms with Crippen molar-refractivity contribution in [3.63, 3.8) is 0 Å². The summed E-state index contributed by atoms with van der Waals surface area (Å²) in [4.78, 5) is 14.0. The fourth-order valence-electron chi connectivity index (χ4n) is 3.67. The van der Waals surface area contributed by atoms with Crippen molar-refractivity contribution >= 4 is 5.91 Å². The Morgan fingerprint density at radius 3 is 2.75 bits per heavy atom. The highest BCUT2D eigenvalue weighted by Crippen LogP contribution is 2.35. The van der Waals surface area contributed by atoms with Crippen LogP contribution in [0.5, 0.6) is 5.75 Å². The zero-order valence-corrected chi connectivity index (χ0v) is 12.1. The van der Waals surface area contributed by atoms with E-state index in [2.05, 4.69) is 22.3 Å². The first-order valence-corrected chi connectivity index (χ1v) is 7.35. The van der Waals surface area contributed by atoms with E-state index in [0.717, 1.165) is 25.3 Å². The quantitative estimate of drug-likeness (QED) is 0.893. The lowest BCUT2D eigenvalue weighted by Crippen LogP contribution is -2.52. The van der Waals surface area contributed by atoms with E-state index in [1.165, 1.54) is 12.0 Å². The summed E-state index contributed by atoms with van der Waals surface area (Å²) >= 11 is 0. The number of hydrogen-bond acceptors (Lipinski definition) is 3. The van der Waals surface area contributed by atoms with Crippen LogP contribution in [-0.4, -0.2) is 43.1 Å². The molecule has 1 aromatic rings. The van der Waals surface area contributed by atoms with E-state index in [1.807, 2.05) is 12.1 Å². The number of carbonyl (C=O) groups excluding carboxylic acids is 1. The van der Waals surface area contributed by atoms with Crippen LogP contribution in [0.1, 0.15) is 31.2 Å². The van der Waals surface area contributed by atoms with E-state index in [-0.39, 0.29) is 5.91 Å². The molecule has 2 fully saturated rings. The maximum atomic E-state index is 11.9. The van der Waals surface area contributed by atoms with Crippen LogP contribution in [0.25, 0.3) is 0 Å². The normalized spacial score (nSPS) is 29.1. The third kappa shape index (κ3) is 2.29. The van der Waals surface area contributed by atoms with Crippen molar-refractivity contribution in [2.75, 3.05) is 20.2 Å². The second kappa shape index (κ2) is 5.44. The van der Waals surface area contributed by atoms with Crippen LogP contribution in [0.15, 0.2) is 24.3 Å². The molecule has 108 valence electrons. The number of methoxy groups -OCH3 is 1. The van der Waals surface area contributed by atoms with Gasteiger partial charge in [0.25, 0.3) is 0 Å². The fraction of sp³-hybridized carbons (Fsp3) is 0.562. The lowest BCUT2D eigenvalue weighted by atomic mass is 9.86. The molecule has 0 radical (unpaired) electrons. The zero-order chi connectivity index (χ0) is 14.1. The summed E-state index contributed by atoms with van der Waals surface area (Å²) in [7, 11) is 1.68. The third-order valence-electron chi connectivity index (χ3n) is 4.65. The minimum Gasteiger partial charge on any atom is -0.497 e. The van der Waals surface area contributed by atoms with Crippen molar-refractivity contribution in [3.8, 4) is 5.75 Å². The summed E-state index contributed by atoms with van der Waals surface area (Å²) in [6.45, 7) is 3.53. The Balaban J connectivity index is 1.86. The summed E-state index contributed by atoms with van der Waals surface area (Å²) in [5.41, 5.74) is 1.29. The Kier molecular flexibility index (Phi) is 3.66. The molecule has 2 heterocycles. The molecule has 4 nitrogen and oxygen atoms in total. The maximum absolute atomic E-state index is 11.9. The average molecular weight is 274 g/mol. The van der Waals surface area contributed by atoms with Crippen molar-refractivity contribution < 1.29 is 9.53 Å². The van der Waals surface area contributed by atoms with Crippen LogP contribution < -0.4 is 10.1 Å². The van der Waals surface area contributed by atoms with E-state index in [1.54, 1.807) is 14.0 Å². The molecule has 1 amide bonds. The Morgan fingerprint density at radius 1 is 1.35 bits per heavy atom. The van der Waals surface area contributed by atoms with Crippen LogP contribution >= 0.6 is 0 Å². The van der Waals surface area contributed by atoms with Crippen molar-refractivity contribution in [1.82, 2.24) is 10.2 Å². The lowest BCUT2D eigenvalue weighted by molar-refractivity contribution is -0.132. The highest BCUT2D eigenvalue weighted by atomic mass is 16.5. The molecule has 2 aliphatic heterocycles. The van der Waals surface area contributed by atoms with Gasteiger partial charge in [-0.1, -0.05) is 12.1 Å². The number of carbonyl (C=O) groups is 1. The summed E-state index contributed by atoms with van der Waals surface area (Å²) in [5, 5.41) is 3.60. The van der Waals surface area contributed by atoms with Gasteiger partial charge in [-0.3, -0.25) is 4.79 Å². The minimum atomic E-state index is 0.196. The van der Waals surface area contributed by atoms with Crippen LogP contribution in [-0.2, 0) is 4.79 Å². The first-order valence-electron chi connectivity index (χ1n) is 7.35. The number of likely N-dealkylation sites (tertiary alicyclic amines) is 1. The number of benzene rings is 1. The van der Waals surface area contributed by atoms with Gasteiger partial charge in [0.2, 0.25) is 5.91 Å². The smallest absolute Gasteiger partial charge is 0.219 e.